The van der Waals surface area contributed by atoms with Gasteiger partial charge in [0.1, 0.15) is 11.4 Å². The van der Waals surface area contributed by atoms with Crippen molar-refractivity contribution in [3.05, 3.63) is 68.7 Å². The highest BCUT2D eigenvalue weighted by Gasteiger charge is 2.13. The Morgan fingerprint density at radius 3 is 2.93 bits per heavy atom. The number of fused-ring (bicyclic) bond motifs is 1. The molecule has 1 aromatic heterocycles. The normalized spacial score (nSPS) is 10.8. The Morgan fingerprint density at radius 2 is 2.15 bits per heavy atom. The Morgan fingerprint density at radius 1 is 1.30 bits per heavy atom. The lowest BCUT2D eigenvalue weighted by molar-refractivity contribution is -0.384. The van der Waals surface area contributed by atoms with Crippen LogP contribution < -0.4 is 5.43 Å². The maximum Gasteiger partial charge on any atom is 0.281 e. The molecule has 11 heteroatoms. The molecule has 2 aromatic carbocycles. The number of H-pyrrole nitrogens is 1. The monoisotopic (exact) mass is 366 g/mol. The Bertz CT molecular complexity index is 1070. The molecule has 0 aliphatic carbocycles. The van der Waals surface area contributed by atoms with Crippen LogP contribution in [0.1, 0.15) is 5.56 Å². The number of rotatable bonds is 7. The molecule has 27 heavy (non-hydrogen) atoms. The zero-order valence-electron chi connectivity index (χ0n) is 13.9. The Balaban J connectivity index is 1.62. The highest BCUT2D eigenvalue weighted by atomic mass is 16.6. The van der Waals surface area contributed by atoms with Crippen LogP contribution >= 0.6 is 0 Å². The number of phenols is 1. The van der Waals surface area contributed by atoms with E-state index in [2.05, 4.69) is 30.8 Å². The quantitative estimate of drug-likeness (QED) is 0.181. The fraction of sp³-hybridized carbons (Fsp3) is 0.125. The molecule has 0 aliphatic heterocycles. The SMILES string of the molecule is [N-]=[N+]=Nc1ccc(NN=NCCc2c[nH]c3ccc(O)cc23)cc1[N+](=O)[O-]. The lowest BCUT2D eigenvalue weighted by Crippen LogP contribution is -1.93. The second kappa shape index (κ2) is 7.85. The summed E-state index contributed by atoms with van der Waals surface area (Å²) in [5.74, 6) is 0.192. The van der Waals surface area contributed by atoms with E-state index >= 15 is 0 Å². The molecule has 3 aromatic rings. The van der Waals surface area contributed by atoms with Gasteiger partial charge >= 0.3 is 0 Å². The summed E-state index contributed by atoms with van der Waals surface area (Å²) in [5, 5.41) is 32.6. The molecule has 11 nitrogen and oxygen atoms in total. The molecule has 0 bridgehead atoms. The van der Waals surface area contributed by atoms with Gasteiger partial charge in [0.15, 0.2) is 0 Å². The maximum absolute atomic E-state index is 11.0. The summed E-state index contributed by atoms with van der Waals surface area (Å²) in [7, 11) is 0. The van der Waals surface area contributed by atoms with Crippen LogP contribution in [0.2, 0.25) is 0 Å². The molecule has 0 aliphatic rings. The number of nitrogens with one attached hydrogen (secondary N) is 2. The van der Waals surface area contributed by atoms with Crippen molar-refractivity contribution < 1.29 is 10.0 Å². The molecule has 0 fully saturated rings. The van der Waals surface area contributed by atoms with Gasteiger partial charge < -0.3 is 10.1 Å². The number of nitrogens with zero attached hydrogens (tertiary/aromatic N) is 6. The van der Waals surface area contributed by atoms with Gasteiger partial charge in [-0.2, -0.15) is 5.11 Å². The van der Waals surface area contributed by atoms with Gasteiger partial charge in [-0.25, -0.2) is 0 Å². The van der Waals surface area contributed by atoms with Crippen LogP contribution in [0.25, 0.3) is 21.3 Å². The van der Waals surface area contributed by atoms with Gasteiger partial charge in [0.2, 0.25) is 0 Å². The van der Waals surface area contributed by atoms with Crippen molar-refractivity contribution in [2.24, 2.45) is 15.5 Å². The van der Waals surface area contributed by atoms with E-state index in [1.165, 1.54) is 18.2 Å². The summed E-state index contributed by atoms with van der Waals surface area (Å²) in [6, 6.07) is 9.13. The van der Waals surface area contributed by atoms with Crippen LogP contribution in [-0.2, 0) is 6.42 Å². The molecular weight excluding hydrogens is 352 g/mol. The first-order valence-electron chi connectivity index (χ1n) is 7.83. The van der Waals surface area contributed by atoms with Crippen molar-refractivity contribution in [3.63, 3.8) is 0 Å². The van der Waals surface area contributed by atoms with Crippen molar-refractivity contribution in [2.75, 3.05) is 12.0 Å². The molecule has 0 spiro atoms. The Labute approximate surface area is 152 Å². The van der Waals surface area contributed by atoms with Gasteiger partial charge in [0, 0.05) is 28.1 Å². The van der Waals surface area contributed by atoms with Crippen molar-refractivity contribution >= 4 is 28.0 Å². The minimum atomic E-state index is -0.640. The number of nitro groups is 1. The third-order valence-electron chi connectivity index (χ3n) is 3.81. The summed E-state index contributed by atoms with van der Waals surface area (Å²) in [6.07, 6.45) is 2.45. The second-order valence-electron chi connectivity index (χ2n) is 5.52. The topological polar surface area (TPSA) is 165 Å². The lowest BCUT2D eigenvalue weighted by atomic mass is 10.1. The molecule has 0 saturated carbocycles. The van der Waals surface area contributed by atoms with Gasteiger partial charge in [-0.1, -0.05) is 10.3 Å². The van der Waals surface area contributed by atoms with Gasteiger partial charge in [-0.05, 0) is 47.8 Å². The fourth-order valence-corrected chi connectivity index (χ4v) is 2.56. The van der Waals surface area contributed by atoms with E-state index in [9.17, 15) is 15.2 Å². The summed E-state index contributed by atoms with van der Waals surface area (Å²) in [6.45, 7) is 0.383. The molecule has 0 unspecified atom stereocenters. The first-order chi connectivity index (χ1) is 13.1. The third kappa shape index (κ3) is 4.11. The van der Waals surface area contributed by atoms with Crippen LogP contribution in [0.5, 0.6) is 5.75 Å². The average Bonchev–Trinajstić information content (AvgIpc) is 3.04. The molecule has 0 atom stereocenters. The molecule has 0 radical (unpaired) electrons. The number of aromatic hydroxyl groups is 1. The van der Waals surface area contributed by atoms with Crippen molar-refractivity contribution in [1.29, 1.82) is 0 Å². The molecule has 1 heterocycles. The summed E-state index contributed by atoms with van der Waals surface area (Å²) >= 11 is 0. The zero-order chi connectivity index (χ0) is 19.2. The number of nitro benzene ring substituents is 1. The Kier molecular flexibility index (Phi) is 5.15. The zero-order valence-corrected chi connectivity index (χ0v) is 13.9. The van der Waals surface area contributed by atoms with Crippen molar-refractivity contribution in [1.82, 2.24) is 4.98 Å². The first-order valence-corrected chi connectivity index (χ1v) is 7.83. The molecule has 0 amide bonds. The highest BCUT2D eigenvalue weighted by Crippen LogP contribution is 2.30. The number of phenolic OH excluding ortho intramolecular Hbond substituents is 1. The number of azide groups is 1. The van der Waals surface area contributed by atoms with Gasteiger partial charge in [0.25, 0.3) is 5.69 Å². The molecule has 3 N–H and O–H groups in total. The number of aromatic amines is 1. The minimum Gasteiger partial charge on any atom is -0.508 e. The molecule has 3 rings (SSSR count). The standard InChI is InChI=1S/C16H14N8O3/c17-22-21-15-3-1-11(7-16(15)24(26)27)20-23-19-6-5-10-9-18-14-4-2-12(25)8-13(10)14/h1-4,7-9,18,25H,5-6H2,(H,19,20). The molecular formula is C16H14N8O3. The number of hydrogen-bond acceptors (Lipinski definition) is 6. The van der Waals surface area contributed by atoms with Crippen LogP contribution in [0.4, 0.5) is 17.1 Å². The van der Waals surface area contributed by atoms with E-state index in [1.54, 1.807) is 18.2 Å². The average molecular weight is 366 g/mol. The minimum absolute atomic E-state index is 0.0763. The van der Waals surface area contributed by atoms with Gasteiger partial charge in [-0.15, -0.1) is 0 Å². The summed E-state index contributed by atoms with van der Waals surface area (Å²) in [5.41, 5.74) is 12.9. The smallest absolute Gasteiger partial charge is 0.281 e. The third-order valence-corrected chi connectivity index (χ3v) is 3.81. The van der Waals surface area contributed by atoms with E-state index in [-0.39, 0.29) is 17.1 Å². The van der Waals surface area contributed by atoms with Crippen LogP contribution in [0.15, 0.2) is 58.0 Å². The first kappa shape index (κ1) is 17.7. The van der Waals surface area contributed by atoms with E-state index in [0.717, 1.165) is 16.5 Å². The fourth-order valence-electron chi connectivity index (χ4n) is 2.56. The molecule has 0 saturated heterocycles. The largest absolute Gasteiger partial charge is 0.508 e. The highest BCUT2D eigenvalue weighted by molar-refractivity contribution is 5.84. The van der Waals surface area contributed by atoms with Crippen molar-refractivity contribution in [2.45, 2.75) is 6.42 Å². The van der Waals surface area contributed by atoms with Gasteiger partial charge in [0.05, 0.1) is 17.2 Å². The van der Waals surface area contributed by atoms with Crippen LogP contribution in [-0.4, -0.2) is 21.6 Å². The molecule has 136 valence electrons. The van der Waals surface area contributed by atoms with E-state index < -0.39 is 4.92 Å². The predicted octanol–water partition coefficient (Wildman–Crippen LogP) is 4.75. The number of benzene rings is 2. The van der Waals surface area contributed by atoms with Gasteiger partial charge in [-0.3, -0.25) is 15.5 Å². The summed E-state index contributed by atoms with van der Waals surface area (Å²) in [4.78, 5) is 16.0. The van der Waals surface area contributed by atoms with Crippen molar-refractivity contribution in [3.8, 4) is 5.75 Å². The van der Waals surface area contributed by atoms with Crippen LogP contribution in [0.3, 0.4) is 0 Å². The lowest BCUT2D eigenvalue weighted by Gasteiger charge is -2.01. The summed E-state index contributed by atoms with van der Waals surface area (Å²) < 4.78 is 0. The van der Waals surface area contributed by atoms with Crippen LogP contribution in [0, 0.1) is 10.1 Å². The number of anilines is 1. The maximum atomic E-state index is 11.0. The Hall–Kier alpha value is -4.11. The number of aromatic nitrogens is 1. The predicted molar refractivity (Wildman–Crippen MR) is 98.9 cm³/mol. The second-order valence-corrected chi connectivity index (χ2v) is 5.52. The van der Waals surface area contributed by atoms with E-state index in [1.807, 2.05) is 6.20 Å². The van der Waals surface area contributed by atoms with E-state index in [0.29, 0.717) is 18.7 Å². The van der Waals surface area contributed by atoms with E-state index in [4.69, 9.17) is 5.53 Å². The number of hydrogen-bond donors (Lipinski definition) is 3.